The van der Waals surface area contributed by atoms with Crippen LogP contribution >= 0.6 is 0 Å². The molecule has 0 aromatic heterocycles. The third-order valence-corrected chi connectivity index (χ3v) is 4.23. The van der Waals surface area contributed by atoms with Crippen LogP contribution in [0, 0.1) is 12.8 Å². The molecule has 100 valence electrons. The lowest BCUT2D eigenvalue weighted by molar-refractivity contribution is -0.0623. The number of nitrogens with zero attached hydrogens (tertiary/aromatic N) is 1. The van der Waals surface area contributed by atoms with Crippen molar-refractivity contribution < 1.29 is 5.11 Å². The van der Waals surface area contributed by atoms with Crippen LogP contribution in [0.2, 0.25) is 0 Å². The molecule has 0 radical (unpaired) electrons. The van der Waals surface area contributed by atoms with Crippen molar-refractivity contribution in [3.63, 3.8) is 0 Å². The van der Waals surface area contributed by atoms with E-state index in [-0.39, 0.29) is 0 Å². The Hall–Kier alpha value is -0.860. The summed E-state index contributed by atoms with van der Waals surface area (Å²) < 4.78 is 0. The van der Waals surface area contributed by atoms with Crippen molar-refractivity contribution >= 4 is 0 Å². The molecule has 2 atom stereocenters. The van der Waals surface area contributed by atoms with Gasteiger partial charge >= 0.3 is 0 Å². The third kappa shape index (κ3) is 2.60. The van der Waals surface area contributed by atoms with E-state index in [0.717, 1.165) is 31.4 Å². The molecule has 1 aliphatic carbocycles. The molecule has 18 heavy (non-hydrogen) atoms. The monoisotopic (exact) mass is 247 g/mol. The van der Waals surface area contributed by atoms with E-state index in [4.69, 9.17) is 0 Å². The van der Waals surface area contributed by atoms with Gasteiger partial charge in [0.2, 0.25) is 0 Å². The van der Waals surface area contributed by atoms with E-state index in [1.807, 2.05) is 12.1 Å². The lowest BCUT2D eigenvalue weighted by Gasteiger charge is -2.42. The number of benzene rings is 1. The number of rotatable bonds is 3. The Balaban J connectivity index is 2.33. The van der Waals surface area contributed by atoms with Gasteiger partial charge in [-0.1, -0.05) is 37.1 Å². The average Bonchev–Trinajstić information content (AvgIpc) is 2.32. The van der Waals surface area contributed by atoms with Crippen LogP contribution in [-0.2, 0) is 5.60 Å². The quantitative estimate of drug-likeness (QED) is 0.887. The summed E-state index contributed by atoms with van der Waals surface area (Å²) in [5.74, 6) is 0.349. The van der Waals surface area contributed by atoms with Crippen LogP contribution in [0.3, 0.4) is 0 Å². The molecule has 1 aromatic rings. The SMILES string of the molecule is Cc1ccccc1C1(O)CCCCC1CN(C)C. The van der Waals surface area contributed by atoms with Gasteiger partial charge in [-0.2, -0.15) is 0 Å². The fourth-order valence-electron chi connectivity index (χ4n) is 3.32. The standard InChI is InChI=1S/C16H25NO/c1-13-8-4-5-10-15(13)16(18)11-7-6-9-14(16)12-17(2)3/h4-5,8,10,14,18H,6-7,9,11-12H2,1-3H3. The molecule has 0 saturated heterocycles. The second kappa shape index (κ2) is 5.41. The van der Waals surface area contributed by atoms with Crippen molar-refractivity contribution in [2.75, 3.05) is 20.6 Å². The van der Waals surface area contributed by atoms with Gasteiger partial charge < -0.3 is 10.0 Å². The normalized spacial score (nSPS) is 28.6. The van der Waals surface area contributed by atoms with E-state index >= 15 is 0 Å². The topological polar surface area (TPSA) is 23.5 Å². The molecule has 2 heteroatoms. The summed E-state index contributed by atoms with van der Waals surface area (Å²) in [6.45, 7) is 3.07. The highest BCUT2D eigenvalue weighted by Gasteiger charge is 2.41. The van der Waals surface area contributed by atoms with Gasteiger partial charge in [0, 0.05) is 12.5 Å². The predicted octanol–water partition coefficient (Wildman–Crippen LogP) is 2.93. The van der Waals surface area contributed by atoms with E-state index in [1.165, 1.54) is 12.0 Å². The highest BCUT2D eigenvalue weighted by Crippen LogP contribution is 2.42. The molecule has 2 rings (SSSR count). The zero-order valence-electron chi connectivity index (χ0n) is 11.8. The molecular weight excluding hydrogens is 222 g/mol. The van der Waals surface area contributed by atoms with Crippen LogP contribution in [0.1, 0.15) is 36.8 Å². The van der Waals surface area contributed by atoms with Crippen molar-refractivity contribution in [2.24, 2.45) is 5.92 Å². The molecule has 0 spiro atoms. The van der Waals surface area contributed by atoms with Crippen molar-refractivity contribution in [3.8, 4) is 0 Å². The summed E-state index contributed by atoms with van der Waals surface area (Å²) in [7, 11) is 4.18. The van der Waals surface area contributed by atoms with Crippen LogP contribution in [0.4, 0.5) is 0 Å². The van der Waals surface area contributed by atoms with Crippen LogP contribution < -0.4 is 0 Å². The van der Waals surface area contributed by atoms with E-state index in [0.29, 0.717) is 5.92 Å². The van der Waals surface area contributed by atoms with Crippen LogP contribution in [0.5, 0.6) is 0 Å². The number of aliphatic hydroxyl groups is 1. The maximum atomic E-state index is 11.2. The third-order valence-electron chi connectivity index (χ3n) is 4.23. The van der Waals surface area contributed by atoms with Crippen molar-refractivity contribution in [2.45, 2.75) is 38.2 Å². The number of aryl methyl sites for hydroxylation is 1. The van der Waals surface area contributed by atoms with Gasteiger partial charge in [-0.3, -0.25) is 0 Å². The zero-order valence-corrected chi connectivity index (χ0v) is 11.8. The van der Waals surface area contributed by atoms with Crippen LogP contribution in [0.25, 0.3) is 0 Å². The first-order valence-electron chi connectivity index (χ1n) is 6.97. The first-order valence-corrected chi connectivity index (χ1v) is 6.97. The molecule has 0 aliphatic heterocycles. The van der Waals surface area contributed by atoms with E-state index in [2.05, 4.69) is 38.1 Å². The minimum Gasteiger partial charge on any atom is -0.385 e. The second-order valence-electron chi connectivity index (χ2n) is 5.94. The van der Waals surface area contributed by atoms with Crippen LogP contribution in [-0.4, -0.2) is 30.6 Å². The molecule has 0 heterocycles. The van der Waals surface area contributed by atoms with Crippen LogP contribution in [0.15, 0.2) is 24.3 Å². The highest BCUT2D eigenvalue weighted by atomic mass is 16.3. The Morgan fingerprint density at radius 2 is 2.00 bits per heavy atom. The number of hydrogen-bond donors (Lipinski definition) is 1. The molecule has 1 saturated carbocycles. The van der Waals surface area contributed by atoms with Gasteiger partial charge in [0.15, 0.2) is 0 Å². The Kier molecular flexibility index (Phi) is 4.08. The van der Waals surface area contributed by atoms with Gasteiger partial charge in [0.25, 0.3) is 0 Å². The minimum atomic E-state index is -0.631. The molecular formula is C16H25NO. The molecule has 2 nitrogen and oxygen atoms in total. The van der Waals surface area contributed by atoms with Gasteiger partial charge in [-0.25, -0.2) is 0 Å². The smallest absolute Gasteiger partial charge is 0.0939 e. The van der Waals surface area contributed by atoms with E-state index in [1.54, 1.807) is 0 Å². The molecule has 1 aromatic carbocycles. The largest absolute Gasteiger partial charge is 0.385 e. The fraction of sp³-hybridized carbons (Fsp3) is 0.625. The minimum absolute atomic E-state index is 0.349. The highest BCUT2D eigenvalue weighted by molar-refractivity contribution is 5.32. The molecule has 1 N–H and O–H groups in total. The molecule has 0 bridgehead atoms. The average molecular weight is 247 g/mol. The summed E-state index contributed by atoms with van der Waals surface area (Å²) in [6.07, 6.45) is 4.40. The molecule has 1 aliphatic rings. The van der Waals surface area contributed by atoms with E-state index < -0.39 is 5.60 Å². The summed E-state index contributed by atoms with van der Waals surface area (Å²) in [5.41, 5.74) is 1.72. The molecule has 2 unspecified atom stereocenters. The molecule has 0 amide bonds. The van der Waals surface area contributed by atoms with Crippen molar-refractivity contribution in [3.05, 3.63) is 35.4 Å². The van der Waals surface area contributed by atoms with Gasteiger partial charge in [0.1, 0.15) is 0 Å². The van der Waals surface area contributed by atoms with Gasteiger partial charge in [0.05, 0.1) is 5.60 Å². The predicted molar refractivity (Wildman–Crippen MR) is 75.6 cm³/mol. The Bertz CT molecular complexity index is 402. The Morgan fingerprint density at radius 3 is 2.67 bits per heavy atom. The lowest BCUT2D eigenvalue weighted by Crippen LogP contribution is -2.43. The number of hydrogen-bond acceptors (Lipinski definition) is 2. The summed E-state index contributed by atoms with van der Waals surface area (Å²) in [5, 5.41) is 11.2. The fourth-order valence-corrected chi connectivity index (χ4v) is 3.32. The van der Waals surface area contributed by atoms with Crippen molar-refractivity contribution in [1.29, 1.82) is 0 Å². The lowest BCUT2D eigenvalue weighted by atomic mass is 9.70. The maximum Gasteiger partial charge on any atom is 0.0939 e. The van der Waals surface area contributed by atoms with Gasteiger partial charge in [-0.05, 0) is 45.0 Å². The molecule has 1 fully saturated rings. The summed E-state index contributed by atoms with van der Waals surface area (Å²) in [6, 6.07) is 8.30. The Labute approximate surface area is 111 Å². The van der Waals surface area contributed by atoms with Gasteiger partial charge in [-0.15, -0.1) is 0 Å². The zero-order chi connectivity index (χ0) is 13.2. The van der Waals surface area contributed by atoms with Crippen molar-refractivity contribution in [1.82, 2.24) is 4.90 Å². The summed E-state index contributed by atoms with van der Waals surface area (Å²) >= 11 is 0. The Morgan fingerprint density at radius 1 is 1.28 bits per heavy atom. The second-order valence-corrected chi connectivity index (χ2v) is 5.94. The summed E-state index contributed by atoms with van der Waals surface area (Å²) in [4.78, 5) is 2.19. The maximum absolute atomic E-state index is 11.2. The first kappa shape index (κ1) is 13.6. The first-order chi connectivity index (χ1) is 8.54. The van der Waals surface area contributed by atoms with E-state index in [9.17, 15) is 5.11 Å².